The van der Waals surface area contributed by atoms with Crippen molar-refractivity contribution in [1.29, 1.82) is 0 Å². The number of rotatable bonds is 5. The first-order valence-corrected chi connectivity index (χ1v) is 11.3. The van der Waals surface area contributed by atoms with Crippen LogP contribution in [0.1, 0.15) is 21.5 Å². The number of nitrogens with one attached hydrogen (secondary N) is 1. The van der Waals surface area contributed by atoms with Gasteiger partial charge in [0.05, 0.1) is 10.6 Å². The molecule has 1 amide bonds. The number of hydrogen-bond acceptors (Lipinski definition) is 5. The van der Waals surface area contributed by atoms with Crippen LogP contribution in [0.2, 0.25) is 0 Å². The Morgan fingerprint density at radius 3 is 2.67 bits per heavy atom. The second kappa shape index (κ2) is 7.91. The Bertz CT molecular complexity index is 1210. The number of carbonyl (C=O) groups excluding carboxylic acids is 1. The van der Waals surface area contributed by atoms with Gasteiger partial charge in [-0.25, -0.2) is 4.98 Å². The molecule has 0 unspecified atom stereocenters. The van der Waals surface area contributed by atoms with Gasteiger partial charge in [-0.1, -0.05) is 6.07 Å². The first kappa shape index (κ1) is 20.1. The molecule has 0 aliphatic heterocycles. The van der Waals surface area contributed by atoms with Crippen LogP contribution in [-0.2, 0) is 6.54 Å². The van der Waals surface area contributed by atoms with Crippen LogP contribution in [0.4, 0.5) is 0 Å². The van der Waals surface area contributed by atoms with Crippen molar-refractivity contribution in [3.63, 3.8) is 0 Å². The van der Waals surface area contributed by atoms with Crippen LogP contribution in [0.3, 0.4) is 0 Å². The number of pyridine rings is 2. The fraction of sp³-hybridized carbons (Fsp3) is 0.136. The van der Waals surface area contributed by atoms with Crippen molar-refractivity contribution in [3.05, 3.63) is 83.9 Å². The highest BCUT2D eigenvalue weighted by atomic mass is 32.3. The maximum absolute atomic E-state index is 12.8. The molecule has 4 rings (SSSR count). The van der Waals surface area contributed by atoms with Crippen LogP contribution >= 0.6 is 10.6 Å². The van der Waals surface area contributed by atoms with Crippen molar-refractivity contribution in [3.8, 4) is 11.3 Å². The van der Waals surface area contributed by atoms with E-state index in [1.54, 1.807) is 24.5 Å². The highest BCUT2D eigenvalue weighted by molar-refractivity contribution is 8.23. The van der Waals surface area contributed by atoms with Gasteiger partial charge >= 0.3 is 0 Å². The third kappa shape index (κ3) is 4.35. The van der Waals surface area contributed by atoms with Crippen molar-refractivity contribution in [2.45, 2.75) is 18.4 Å². The van der Waals surface area contributed by atoms with E-state index in [0.29, 0.717) is 28.3 Å². The molecule has 8 heteroatoms. The molecule has 0 aliphatic carbocycles. The standard InChI is InChI=1S/C22H22N4O3S/c1-15-3-4-20(24-13-15)17-10-18(12-19(11-17)30(2,28)29)22(27)25-14-16-5-7-26-8-6-23-21(26)9-16/h3-13,28-29H,14H2,1-2H3,(H,25,27). The van der Waals surface area contributed by atoms with E-state index in [1.165, 1.54) is 12.3 Å². The van der Waals surface area contributed by atoms with E-state index >= 15 is 0 Å². The van der Waals surface area contributed by atoms with Crippen LogP contribution in [0.15, 0.2) is 72.1 Å². The molecule has 3 heterocycles. The van der Waals surface area contributed by atoms with E-state index in [0.717, 1.165) is 16.8 Å². The minimum atomic E-state index is -3.00. The molecule has 0 spiro atoms. The summed E-state index contributed by atoms with van der Waals surface area (Å²) >= 11 is 0. The molecule has 0 bridgehead atoms. The predicted molar refractivity (Wildman–Crippen MR) is 118 cm³/mol. The Morgan fingerprint density at radius 1 is 1.10 bits per heavy atom. The summed E-state index contributed by atoms with van der Waals surface area (Å²) in [4.78, 5) is 21.8. The number of hydrogen-bond donors (Lipinski definition) is 3. The second-order valence-electron chi connectivity index (χ2n) is 7.21. The van der Waals surface area contributed by atoms with Crippen molar-refractivity contribution >= 4 is 22.1 Å². The number of amides is 1. The number of aryl methyl sites for hydroxylation is 1. The van der Waals surface area contributed by atoms with Crippen LogP contribution in [0.25, 0.3) is 16.9 Å². The number of benzene rings is 1. The summed E-state index contributed by atoms with van der Waals surface area (Å²) in [5.41, 5.74) is 4.38. The van der Waals surface area contributed by atoms with E-state index < -0.39 is 10.6 Å². The molecule has 30 heavy (non-hydrogen) atoms. The van der Waals surface area contributed by atoms with Gasteiger partial charge in [-0.2, -0.15) is 10.6 Å². The van der Waals surface area contributed by atoms with Crippen LogP contribution in [0, 0.1) is 6.92 Å². The minimum Gasteiger partial charge on any atom is -0.348 e. The molecule has 1 aromatic carbocycles. The lowest BCUT2D eigenvalue weighted by Crippen LogP contribution is -2.23. The predicted octanol–water partition coefficient (Wildman–Crippen LogP) is 4.37. The van der Waals surface area contributed by atoms with Gasteiger partial charge < -0.3 is 9.72 Å². The average molecular weight is 423 g/mol. The van der Waals surface area contributed by atoms with E-state index in [4.69, 9.17) is 0 Å². The van der Waals surface area contributed by atoms with Gasteiger partial charge in [0.25, 0.3) is 5.91 Å². The number of aromatic nitrogens is 3. The van der Waals surface area contributed by atoms with Gasteiger partial charge in [0.15, 0.2) is 0 Å². The van der Waals surface area contributed by atoms with Crippen LogP contribution < -0.4 is 5.32 Å². The maximum Gasteiger partial charge on any atom is 0.251 e. The van der Waals surface area contributed by atoms with Gasteiger partial charge in [0.1, 0.15) is 5.65 Å². The molecule has 7 nitrogen and oxygen atoms in total. The zero-order chi connectivity index (χ0) is 21.3. The molecule has 0 saturated carbocycles. The lowest BCUT2D eigenvalue weighted by molar-refractivity contribution is 0.0950. The smallest absolute Gasteiger partial charge is 0.251 e. The Balaban J connectivity index is 1.61. The summed E-state index contributed by atoms with van der Waals surface area (Å²) in [6, 6.07) is 12.5. The molecule has 0 radical (unpaired) electrons. The van der Waals surface area contributed by atoms with E-state index in [2.05, 4.69) is 15.3 Å². The third-order valence-corrected chi connectivity index (χ3v) is 5.87. The maximum atomic E-state index is 12.8. The van der Waals surface area contributed by atoms with Gasteiger partial charge in [-0.05, 0) is 54.4 Å². The molecule has 3 aromatic heterocycles. The summed E-state index contributed by atoms with van der Waals surface area (Å²) in [6.07, 6.45) is 8.53. The van der Waals surface area contributed by atoms with Gasteiger partial charge in [0, 0.05) is 48.7 Å². The third-order valence-electron chi connectivity index (χ3n) is 4.74. The Hall–Kier alpha value is -3.20. The van der Waals surface area contributed by atoms with Crippen molar-refractivity contribution in [2.75, 3.05) is 6.26 Å². The van der Waals surface area contributed by atoms with E-state index in [-0.39, 0.29) is 5.91 Å². The molecule has 4 aromatic rings. The topological polar surface area (TPSA) is 99.8 Å². The first-order valence-electron chi connectivity index (χ1n) is 9.31. The Labute approximate surface area is 175 Å². The lowest BCUT2D eigenvalue weighted by Gasteiger charge is -2.28. The number of carbonyl (C=O) groups is 1. The summed E-state index contributed by atoms with van der Waals surface area (Å²) in [5.74, 6) is -0.308. The Kier molecular flexibility index (Phi) is 5.29. The summed E-state index contributed by atoms with van der Waals surface area (Å²) < 4.78 is 22.2. The normalized spacial score (nSPS) is 12.1. The van der Waals surface area contributed by atoms with Crippen molar-refractivity contribution < 1.29 is 13.9 Å². The summed E-state index contributed by atoms with van der Waals surface area (Å²) in [7, 11) is -3.00. The zero-order valence-corrected chi connectivity index (χ0v) is 17.4. The molecule has 154 valence electrons. The second-order valence-corrected chi connectivity index (χ2v) is 9.35. The molecule has 0 aliphatic rings. The Morgan fingerprint density at radius 2 is 1.93 bits per heavy atom. The summed E-state index contributed by atoms with van der Waals surface area (Å²) in [5, 5.41) is 2.89. The lowest BCUT2D eigenvalue weighted by atomic mass is 10.1. The van der Waals surface area contributed by atoms with E-state index in [1.807, 2.05) is 48.0 Å². The average Bonchev–Trinajstić information content (AvgIpc) is 3.19. The molecular formula is C22H22N4O3S. The SMILES string of the molecule is Cc1ccc(-c2cc(C(=O)NCc3ccn4ccnc4c3)cc(S(C)(O)O)c2)nc1. The monoisotopic (exact) mass is 422 g/mol. The van der Waals surface area contributed by atoms with E-state index in [9.17, 15) is 13.9 Å². The molecule has 0 saturated heterocycles. The molecular weight excluding hydrogens is 400 g/mol. The fourth-order valence-electron chi connectivity index (χ4n) is 3.09. The quantitative estimate of drug-likeness (QED) is 0.443. The molecule has 3 N–H and O–H groups in total. The zero-order valence-electron chi connectivity index (χ0n) is 16.6. The van der Waals surface area contributed by atoms with Crippen LogP contribution in [0.5, 0.6) is 0 Å². The molecule has 0 atom stereocenters. The van der Waals surface area contributed by atoms with Gasteiger partial charge in [-0.15, -0.1) is 0 Å². The number of imidazole rings is 1. The number of fused-ring (bicyclic) bond motifs is 1. The first-order chi connectivity index (χ1) is 14.3. The van der Waals surface area contributed by atoms with Gasteiger partial charge in [-0.3, -0.25) is 18.9 Å². The molecule has 0 fully saturated rings. The number of nitrogens with zero attached hydrogens (tertiary/aromatic N) is 3. The highest BCUT2D eigenvalue weighted by Crippen LogP contribution is 2.45. The largest absolute Gasteiger partial charge is 0.348 e. The van der Waals surface area contributed by atoms with Crippen molar-refractivity contribution in [2.24, 2.45) is 0 Å². The highest BCUT2D eigenvalue weighted by Gasteiger charge is 2.16. The van der Waals surface area contributed by atoms with Gasteiger partial charge in [0.2, 0.25) is 0 Å². The van der Waals surface area contributed by atoms with Crippen molar-refractivity contribution in [1.82, 2.24) is 19.7 Å². The van der Waals surface area contributed by atoms with Crippen LogP contribution in [-0.4, -0.2) is 35.6 Å². The minimum absolute atomic E-state index is 0.298. The fourth-order valence-corrected chi connectivity index (χ4v) is 3.79. The summed E-state index contributed by atoms with van der Waals surface area (Å²) in [6.45, 7) is 2.27.